The molecule has 1 aromatic carbocycles. The molecule has 1 heterocycles. The Bertz CT molecular complexity index is 642. The lowest BCUT2D eigenvalue weighted by Crippen LogP contribution is -2.45. The zero-order chi connectivity index (χ0) is 19.6. The van der Waals surface area contributed by atoms with Gasteiger partial charge in [0.15, 0.2) is 0 Å². The Hall–Kier alpha value is -2.21. The van der Waals surface area contributed by atoms with Crippen LogP contribution < -0.4 is 10.6 Å². The molecule has 148 valence electrons. The molecule has 1 aromatic rings. The van der Waals surface area contributed by atoms with Gasteiger partial charge in [-0.15, -0.1) is 0 Å². The summed E-state index contributed by atoms with van der Waals surface area (Å²) in [7, 11) is 1.57. The number of aldehydes is 1. The fourth-order valence-electron chi connectivity index (χ4n) is 3.64. The molecule has 1 aliphatic rings. The first kappa shape index (κ1) is 21.1. The van der Waals surface area contributed by atoms with Crippen molar-refractivity contribution in [2.45, 2.75) is 64.1 Å². The highest BCUT2D eigenvalue weighted by molar-refractivity contribution is 5.83. The molecule has 0 bridgehead atoms. The van der Waals surface area contributed by atoms with Gasteiger partial charge in [-0.2, -0.15) is 0 Å². The van der Waals surface area contributed by atoms with Crippen LogP contribution in [0.15, 0.2) is 18.2 Å². The van der Waals surface area contributed by atoms with Crippen LogP contribution in [0.3, 0.4) is 0 Å². The number of benzene rings is 1. The van der Waals surface area contributed by atoms with E-state index < -0.39 is 6.04 Å². The van der Waals surface area contributed by atoms with Gasteiger partial charge in [-0.1, -0.05) is 24.6 Å². The van der Waals surface area contributed by atoms with Gasteiger partial charge in [-0.05, 0) is 55.8 Å². The molecule has 2 atom stereocenters. The van der Waals surface area contributed by atoms with Gasteiger partial charge in [0, 0.05) is 26.1 Å². The van der Waals surface area contributed by atoms with Crippen LogP contribution in [0, 0.1) is 6.92 Å². The van der Waals surface area contributed by atoms with Gasteiger partial charge in [-0.25, -0.2) is 0 Å². The van der Waals surface area contributed by atoms with Gasteiger partial charge in [0.25, 0.3) is 0 Å². The molecule has 2 N–H and O–H groups in total. The molecule has 1 fully saturated rings. The van der Waals surface area contributed by atoms with E-state index in [4.69, 9.17) is 0 Å². The summed E-state index contributed by atoms with van der Waals surface area (Å²) >= 11 is 0. The summed E-state index contributed by atoms with van der Waals surface area (Å²) in [4.78, 5) is 36.2. The van der Waals surface area contributed by atoms with E-state index in [0.29, 0.717) is 31.8 Å². The van der Waals surface area contributed by atoms with Crippen molar-refractivity contribution in [3.05, 3.63) is 34.9 Å². The predicted molar refractivity (Wildman–Crippen MR) is 105 cm³/mol. The van der Waals surface area contributed by atoms with E-state index in [1.165, 1.54) is 18.4 Å². The van der Waals surface area contributed by atoms with Gasteiger partial charge < -0.3 is 20.3 Å². The number of hydrogen-bond donors (Lipinski definition) is 2. The first-order valence-electron chi connectivity index (χ1n) is 9.79. The standard InChI is InChI=1S/C21H31N3O3/c1-16-9-10-17(19-7-3-5-11-23-19)13-18(16)14-24(15-26)20(21(27)22-2)8-4-6-12-25/h9-10,12-13,15,19-20,23H,3-8,11,14H2,1-2H3,(H,22,27). The highest BCUT2D eigenvalue weighted by atomic mass is 16.2. The number of amides is 2. The molecule has 0 aromatic heterocycles. The number of carbonyl (C=O) groups excluding carboxylic acids is 3. The SMILES string of the molecule is CNC(=O)C(CCCC=O)N(C=O)Cc1cc(C2CCCCN2)ccc1C. The van der Waals surface area contributed by atoms with Crippen LogP contribution in [0.2, 0.25) is 0 Å². The fraction of sp³-hybridized carbons (Fsp3) is 0.571. The van der Waals surface area contributed by atoms with Crippen molar-refractivity contribution in [2.75, 3.05) is 13.6 Å². The third-order valence-corrected chi connectivity index (χ3v) is 5.32. The fourth-order valence-corrected chi connectivity index (χ4v) is 3.64. The van der Waals surface area contributed by atoms with E-state index in [2.05, 4.69) is 28.8 Å². The third-order valence-electron chi connectivity index (χ3n) is 5.32. The molecule has 2 rings (SSSR count). The molecule has 0 saturated carbocycles. The highest BCUT2D eigenvalue weighted by Gasteiger charge is 2.24. The molecule has 1 aliphatic heterocycles. The smallest absolute Gasteiger partial charge is 0.242 e. The van der Waals surface area contributed by atoms with Gasteiger partial charge >= 0.3 is 0 Å². The molecule has 6 heteroatoms. The van der Waals surface area contributed by atoms with E-state index >= 15 is 0 Å². The van der Waals surface area contributed by atoms with Crippen LogP contribution in [0.25, 0.3) is 0 Å². The van der Waals surface area contributed by atoms with Crippen molar-refractivity contribution in [1.82, 2.24) is 15.5 Å². The number of likely N-dealkylation sites (N-methyl/N-ethyl adjacent to an activating group) is 1. The van der Waals surface area contributed by atoms with Crippen molar-refractivity contribution >= 4 is 18.6 Å². The Labute approximate surface area is 161 Å². The molecule has 0 aliphatic carbocycles. The first-order chi connectivity index (χ1) is 13.1. The summed E-state index contributed by atoms with van der Waals surface area (Å²) in [6.45, 7) is 3.44. The first-order valence-corrected chi connectivity index (χ1v) is 9.79. The molecule has 2 unspecified atom stereocenters. The van der Waals surface area contributed by atoms with E-state index in [1.54, 1.807) is 11.9 Å². The maximum absolute atomic E-state index is 12.3. The zero-order valence-corrected chi connectivity index (χ0v) is 16.4. The second-order valence-electron chi connectivity index (χ2n) is 7.19. The van der Waals surface area contributed by atoms with Crippen molar-refractivity contribution < 1.29 is 14.4 Å². The number of carbonyl (C=O) groups is 3. The summed E-state index contributed by atoms with van der Waals surface area (Å²) in [6.07, 6.45) is 6.58. The number of aryl methyl sites for hydroxylation is 1. The molecular weight excluding hydrogens is 342 g/mol. The number of unbranched alkanes of at least 4 members (excludes halogenated alkanes) is 1. The minimum Gasteiger partial charge on any atom is -0.357 e. The van der Waals surface area contributed by atoms with E-state index in [0.717, 1.165) is 36.8 Å². The molecule has 27 heavy (non-hydrogen) atoms. The van der Waals surface area contributed by atoms with Crippen molar-refractivity contribution in [3.63, 3.8) is 0 Å². The monoisotopic (exact) mass is 373 g/mol. The Balaban J connectivity index is 2.18. The Morgan fingerprint density at radius 3 is 2.81 bits per heavy atom. The molecule has 0 radical (unpaired) electrons. The van der Waals surface area contributed by atoms with E-state index in [9.17, 15) is 14.4 Å². The Kier molecular flexibility index (Phi) is 8.45. The number of nitrogens with zero attached hydrogens (tertiary/aromatic N) is 1. The largest absolute Gasteiger partial charge is 0.357 e. The molecule has 2 amide bonds. The second-order valence-corrected chi connectivity index (χ2v) is 7.19. The van der Waals surface area contributed by atoms with Crippen molar-refractivity contribution in [1.29, 1.82) is 0 Å². The highest BCUT2D eigenvalue weighted by Crippen LogP contribution is 2.25. The van der Waals surface area contributed by atoms with Gasteiger partial charge in [0.05, 0.1) is 0 Å². The minimum absolute atomic E-state index is 0.198. The van der Waals surface area contributed by atoms with Gasteiger partial charge in [0.1, 0.15) is 12.3 Å². The lowest BCUT2D eigenvalue weighted by atomic mass is 9.94. The number of nitrogens with one attached hydrogen (secondary N) is 2. The lowest BCUT2D eigenvalue weighted by molar-refractivity contribution is -0.133. The average molecular weight is 373 g/mol. The maximum Gasteiger partial charge on any atom is 0.242 e. The lowest BCUT2D eigenvalue weighted by Gasteiger charge is -2.29. The van der Waals surface area contributed by atoms with Crippen LogP contribution in [0.1, 0.15) is 61.3 Å². The topological polar surface area (TPSA) is 78.5 Å². The number of piperidine rings is 1. The summed E-state index contributed by atoms with van der Waals surface area (Å²) in [5.74, 6) is -0.198. The van der Waals surface area contributed by atoms with Crippen LogP contribution in [0.5, 0.6) is 0 Å². The molecule has 0 spiro atoms. The van der Waals surface area contributed by atoms with Gasteiger partial charge in [0.2, 0.25) is 12.3 Å². The van der Waals surface area contributed by atoms with Crippen molar-refractivity contribution in [2.24, 2.45) is 0 Å². The van der Waals surface area contributed by atoms with Gasteiger partial charge in [-0.3, -0.25) is 9.59 Å². The van der Waals surface area contributed by atoms with Crippen LogP contribution in [-0.4, -0.2) is 43.1 Å². The second kappa shape index (κ2) is 10.8. The van der Waals surface area contributed by atoms with E-state index in [-0.39, 0.29) is 5.91 Å². The Morgan fingerprint density at radius 1 is 1.37 bits per heavy atom. The number of hydrogen-bond acceptors (Lipinski definition) is 4. The predicted octanol–water partition coefficient (Wildman–Crippen LogP) is 2.25. The van der Waals surface area contributed by atoms with E-state index in [1.807, 2.05) is 6.92 Å². The normalized spacial score (nSPS) is 17.8. The Morgan fingerprint density at radius 2 is 2.19 bits per heavy atom. The van der Waals surface area contributed by atoms with Crippen LogP contribution >= 0.6 is 0 Å². The quantitative estimate of drug-likeness (QED) is 0.487. The maximum atomic E-state index is 12.3. The number of rotatable bonds is 10. The molecular formula is C21H31N3O3. The summed E-state index contributed by atoms with van der Waals surface area (Å²) in [6, 6.07) is 6.17. The van der Waals surface area contributed by atoms with Crippen LogP contribution in [-0.2, 0) is 20.9 Å². The minimum atomic E-state index is -0.566. The van der Waals surface area contributed by atoms with Crippen molar-refractivity contribution in [3.8, 4) is 0 Å². The average Bonchev–Trinajstić information content (AvgIpc) is 2.71. The molecule has 6 nitrogen and oxygen atoms in total. The summed E-state index contributed by atoms with van der Waals surface area (Å²) < 4.78 is 0. The van der Waals surface area contributed by atoms with Crippen LogP contribution in [0.4, 0.5) is 0 Å². The summed E-state index contributed by atoms with van der Waals surface area (Å²) in [5.41, 5.74) is 3.39. The summed E-state index contributed by atoms with van der Waals surface area (Å²) in [5, 5.41) is 6.19. The zero-order valence-electron chi connectivity index (χ0n) is 16.4. The third kappa shape index (κ3) is 5.89. The molecule has 1 saturated heterocycles.